The number of anilines is 2. The number of rotatable bonds is 2. The lowest BCUT2D eigenvalue weighted by Gasteiger charge is -2.33. The van der Waals surface area contributed by atoms with Crippen LogP contribution in [0.1, 0.15) is 37.1 Å². The summed E-state index contributed by atoms with van der Waals surface area (Å²) in [7, 11) is 0. The zero-order valence-electron chi connectivity index (χ0n) is 13.2. The number of carbonyl (C=O) groups excluding carboxylic acids is 1. The fraction of sp³-hybridized carbons (Fsp3) is 0.316. The van der Waals surface area contributed by atoms with Crippen LogP contribution in [0.3, 0.4) is 0 Å². The molecule has 0 fully saturated rings. The van der Waals surface area contributed by atoms with Crippen LogP contribution in [-0.4, -0.2) is 12.3 Å². The Bertz CT molecular complexity index is 763. The highest BCUT2D eigenvalue weighted by Gasteiger charge is 2.36. The van der Waals surface area contributed by atoms with Gasteiger partial charge >= 0.3 is 0 Å². The number of para-hydroxylation sites is 2. The Morgan fingerprint density at radius 3 is 2.87 bits per heavy atom. The number of fused-ring (bicyclic) bond motifs is 1. The van der Waals surface area contributed by atoms with Crippen molar-refractivity contribution >= 4 is 28.5 Å². The largest absolute Gasteiger partial charge is 0.358 e. The first kappa shape index (κ1) is 14.5. The van der Waals surface area contributed by atoms with Gasteiger partial charge in [0.05, 0.1) is 17.4 Å². The molecule has 2 aromatic rings. The van der Waals surface area contributed by atoms with E-state index in [0.717, 1.165) is 36.3 Å². The first-order valence-corrected chi connectivity index (χ1v) is 9.10. The van der Waals surface area contributed by atoms with Crippen LogP contribution in [0.4, 0.5) is 11.4 Å². The number of benzene rings is 1. The number of ketones is 1. The fourth-order valence-electron chi connectivity index (χ4n) is 3.69. The van der Waals surface area contributed by atoms with Crippen LogP contribution in [0.5, 0.6) is 0 Å². The minimum atomic E-state index is 0.0268. The summed E-state index contributed by atoms with van der Waals surface area (Å²) in [4.78, 5) is 16.4. The lowest BCUT2D eigenvalue weighted by molar-refractivity contribution is -0.116. The van der Waals surface area contributed by atoms with Gasteiger partial charge in [0, 0.05) is 29.1 Å². The first-order valence-electron chi connectivity index (χ1n) is 8.22. The Hall–Kier alpha value is -2.07. The number of allylic oxidation sites excluding steroid dienone is 1. The van der Waals surface area contributed by atoms with Gasteiger partial charge in [0.1, 0.15) is 0 Å². The summed E-state index contributed by atoms with van der Waals surface area (Å²) in [6.45, 7) is 3.03. The van der Waals surface area contributed by atoms with E-state index in [-0.39, 0.29) is 6.04 Å². The quantitative estimate of drug-likeness (QED) is 0.865. The molecule has 118 valence electrons. The van der Waals surface area contributed by atoms with Gasteiger partial charge in [-0.15, -0.1) is 11.3 Å². The van der Waals surface area contributed by atoms with Gasteiger partial charge in [-0.05, 0) is 43.3 Å². The molecule has 2 aliphatic rings. The number of hydrogen-bond donors (Lipinski definition) is 1. The molecule has 1 aromatic carbocycles. The number of nitrogens with zero attached hydrogens (tertiary/aromatic N) is 1. The molecule has 1 aliphatic carbocycles. The summed E-state index contributed by atoms with van der Waals surface area (Å²) in [6.07, 6.45) is 2.56. The summed E-state index contributed by atoms with van der Waals surface area (Å²) < 4.78 is 0. The summed E-state index contributed by atoms with van der Waals surface area (Å²) in [5, 5.41) is 5.67. The summed E-state index contributed by atoms with van der Waals surface area (Å²) in [5.74, 6) is 0.295. The van der Waals surface area contributed by atoms with Crippen LogP contribution in [0, 0.1) is 0 Å². The van der Waals surface area contributed by atoms with Crippen molar-refractivity contribution in [1.82, 2.24) is 0 Å². The smallest absolute Gasteiger partial charge is 0.163 e. The number of carbonyl (C=O) groups is 1. The predicted octanol–water partition coefficient (Wildman–Crippen LogP) is 4.75. The van der Waals surface area contributed by atoms with Crippen LogP contribution in [0.15, 0.2) is 53.0 Å². The molecule has 1 aliphatic heterocycles. The van der Waals surface area contributed by atoms with Crippen molar-refractivity contribution < 1.29 is 4.79 Å². The first-order chi connectivity index (χ1) is 11.3. The highest BCUT2D eigenvalue weighted by atomic mass is 32.1. The maximum Gasteiger partial charge on any atom is 0.163 e. The SMILES string of the molecule is CCN1c2ccccc2NC2=C(C(=O)CCC2)[C@@H]1c1cccs1. The monoisotopic (exact) mass is 324 g/mol. The van der Waals surface area contributed by atoms with Crippen LogP contribution in [0.2, 0.25) is 0 Å². The Balaban J connectivity index is 1.96. The number of nitrogens with one attached hydrogen (secondary N) is 1. The van der Waals surface area contributed by atoms with E-state index >= 15 is 0 Å². The molecule has 2 heterocycles. The maximum absolute atomic E-state index is 12.8. The van der Waals surface area contributed by atoms with E-state index in [9.17, 15) is 4.79 Å². The van der Waals surface area contributed by atoms with Gasteiger partial charge in [0.15, 0.2) is 5.78 Å². The molecule has 0 amide bonds. The van der Waals surface area contributed by atoms with Crippen molar-refractivity contribution in [2.75, 3.05) is 16.8 Å². The molecule has 0 saturated heterocycles. The molecule has 1 aromatic heterocycles. The molecule has 3 nitrogen and oxygen atoms in total. The highest BCUT2D eigenvalue weighted by Crippen LogP contribution is 2.45. The zero-order chi connectivity index (χ0) is 15.8. The van der Waals surface area contributed by atoms with Gasteiger partial charge in [0.25, 0.3) is 0 Å². The number of hydrogen-bond acceptors (Lipinski definition) is 4. The molecule has 1 atom stereocenters. The lowest BCUT2D eigenvalue weighted by atomic mass is 9.88. The molecule has 0 spiro atoms. The number of Topliss-reactive ketones (excluding diaryl/α,β-unsaturated/α-hetero) is 1. The molecule has 0 saturated carbocycles. The van der Waals surface area contributed by atoms with Gasteiger partial charge in [0.2, 0.25) is 0 Å². The molecule has 1 N–H and O–H groups in total. The van der Waals surface area contributed by atoms with Gasteiger partial charge in [-0.1, -0.05) is 18.2 Å². The Morgan fingerprint density at radius 2 is 2.09 bits per heavy atom. The molecule has 23 heavy (non-hydrogen) atoms. The third kappa shape index (κ3) is 2.38. The summed E-state index contributed by atoms with van der Waals surface area (Å²) in [5.41, 5.74) is 4.37. The van der Waals surface area contributed by atoms with Gasteiger partial charge in [-0.3, -0.25) is 4.79 Å². The van der Waals surface area contributed by atoms with Gasteiger partial charge in [-0.25, -0.2) is 0 Å². The van der Waals surface area contributed by atoms with Crippen molar-refractivity contribution in [1.29, 1.82) is 0 Å². The normalized spacial score (nSPS) is 20.7. The second kappa shape index (κ2) is 5.85. The van der Waals surface area contributed by atoms with Gasteiger partial charge < -0.3 is 10.2 Å². The van der Waals surface area contributed by atoms with E-state index in [1.54, 1.807) is 11.3 Å². The van der Waals surface area contributed by atoms with E-state index in [1.807, 2.05) is 0 Å². The Kier molecular flexibility index (Phi) is 3.69. The van der Waals surface area contributed by atoms with E-state index in [4.69, 9.17) is 0 Å². The summed E-state index contributed by atoms with van der Waals surface area (Å²) in [6, 6.07) is 12.6. The molecule has 0 unspecified atom stereocenters. The zero-order valence-corrected chi connectivity index (χ0v) is 14.0. The van der Waals surface area contributed by atoms with Crippen LogP contribution >= 0.6 is 11.3 Å². The molecule has 4 heteroatoms. The summed E-state index contributed by atoms with van der Waals surface area (Å²) >= 11 is 1.73. The highest BCUT2D eigenvalue weighted by molar-refractivity contribution is 7.10. The minimum Gasteiger partial charge on any atom is -0.358 e. The van der Waals surface area contributed by atoms with Crippen LogP contribution in [0.25, 0.3) is 0 Å². The maximum atomic E-state index is 12.8. The van der Waals surface area contributed by atoms with Crippen molar-refractivity contribution in [2.45, 2.75) is 32.2 Å². The average molecular weight is 324 g/mol. The van der Waals surface area contributed by atoms with Crippen LogP contribution < -0.4 is 10.2 Å². The average Bonchev–Trinajstić information content (AvgIpc) is 3.04. The molecular formula is C19H20N2OS. The second-order valence-electron chi connectivity index (χ2n) is 6.02. The Morgan fingerprint density at radius 1 is 1.22 bits per heavy atom. The van der Waals surface area contributed by atoms with Gasteiger partial charge in [-0.2, -0.15) is 0 Å². The third-order valence-corrected chi connectivity index (χ3v) is 5.62. The Labute approximate surface area is 140 Å². The molecule has 4 rings (SSSR count). The number of likely N-dealkylation sites (N-methyl/N-ethyl adjacent to an activating group) is 1. The third-order valence-electron chi connectivity index (χ3n) is 4.69. The number of thiophene rings is 1. The van der Waals surface area contributed by atoms with Crippen molar-refractivity contribution in [3.05, 3.63) is 57.9 Å². The van der Waals surface area contributed by atoms with E-state index in [1.165, 1.54) is 10.6 Å². The van der Waals surface area contributed by atoms with Crippen molar-refractivity contribution in [2.24, 2.45) is 0 Å². The molecular weight excluding hydrogens is 304 g/mol. The lowest BCUT2D eigenvalue weighted by Crippen LogP contribution is -2.32. The van der Waals surface area contributed by atoms with Crippen molar-refractivity contribution in [3.63, 3.8) is 0 Å². The minimum absolute atomic E-state index is 0.0268. The standard InChI is InChI=1S/C19H20N2OS/c1-2-21-15-9-4-3-7-13(15)20-14-8-5-10-16(22)18(14)19(21)17-11-6-12-23-17/h3-4,6-7,9,11-12,19-20H,2,5,8,10H2,1H3/t19-/m0/s1. The molecule has 0 bridgehead atoms. The fourth-order valence-corrected chi connectivity index (χ4v) is 4.54. The van der Waals surface area contributed by atoms with E-state index in [0.29, 0.717) is 12.2 Å². The predicted molar refractivity (Wildman–Crippen MR) is 96.0 cm³/mol. The van der Waals surface area contributed by atoms with Crippen LogP contribution in [-0.2, 0) is 4.79 Å². The second-order valence-corrected chi connectivity index (χ2v) is 6.99. The molecule has 0 radical (unpaired) electrons. The topological polar surface area (TPSA) is 32.3 Å². The van der Waals surface area contributed by atoms with E-state index in [2.05, 4.69) is 58.9 Å². The van der Waals surface area contributed by atoms with Crippen molar-refractivity contribution in [3.8, 4) is 0 Å². The van der Waals surface area contributed by atoms with E-state index < -0.39 is 0 Å².